The van der Waals surface area contributed by atoms with Gasteiger partial charge in [0.1, 0.15) is 0 Å². The molecule has 0 spiro atoms. The fourth-order valence-corrected chi connectivity index (χ4v) is 3.59. The molecule has 0 N–H and O–H groups in total. The average Bonchev–Trinajstić information content (AvgIpc) is 2.50. The summed E-state index contributed by atoms with van der Waals surface area (Å²) >= 11 is 9.02. The molecule has 21 heavy (non-hydrogen) atoms. The second-order valence-corrected chi connectivity index (χ2v) is 8.13. The van der Waals surface area contributed by atoms with E-state index in [1.165, 1.54) is 48.3 Å². The molecule has 2 rings (SSSR count). The van der Waals surface area contributed by atoms with Gasteiger partial charge in [0.15, 0.2) is 0 Å². The van der Waals surface area contributed by atoms with Crippen LogP contribution in [0.4, 0.5) is 0 Å². The van der Waals surface area contributed by atoms with Crippen LogP contribution in [0.5, 0.6) is 0 Å². The second-order valence-electron chi connectivity index (χ2n) is 5.07. The lowest BCUT2D eigenvalue weighted by Gasteiger charge is -2.04. The largest absolute Gasteiger partial charge is 0.162 e. The van der Waals surface area contributed by atoms with Crippen molar-refractivity contribution in [3.63, 3.8) is 0 Å². The Balaban J connectivity index is 1.52. The van der Waals surface area contributed by atoms with Gasteiger partial charge in [0.2, 0.25) is 0 Å². The monoisotopic (exact) mass is 426 g/mol. The summed E-state index contributed by atoms with van der Waals surface area (Å²) in [6, 6.07) is 17.3. The van der Waals surface area contributed by atoms with Crippen molar-refractivity contribution in [3.8, 4) is 0 Å². The summed E-state index contributed by atoms with van der Waals surface area (Å²) in [7, 11) is 0. The van der Waals surface area contributed by atoms with Crippen LogP contribution >= 0.6 is 43.6 Å². The smallest absolute Gasteiger partial charge is 0.0175 e. The van der Waals surface area contributed by atoms with Crippen LogP contribution in [0.15, 0.2) is 57.5 Å². The van der Waals surface area contributed by atoms with Crippen LogP contribution in [0.2, 0.25) is 0 Å². The van der Waals surface area contributed by atoms with Gasteiger partial charge >= 0.3 is 0 Å². The first-order chi connectivity index (χ1) is 10.2. The molecule has 0 heterocycles. The maximum atomic E-state index is 3.47. The lowest BCUT2D eigenvalue weighted by atomic mass is 10.1. The van der Waals surface area contributed by atoms with E-state index in [1.54, 1.807) is 0 Å². The summed E-state index contributed by atoms with van der Waals surface area (Å²) < 4.78 is 2.32. The zero-order valence-corrected chi connectivity index (χ0v) is 16.0. The molecule has 0 fully saturated rings. The molecule has 112 valence electrons. The summed E-state index contributed by atoms with van der Waals surface area (Å²) in [6.45, 7) is 0. The first-order valence-electron chi connectivity index (χ1n) is 7.31. The van der Waals surface area contributed by atoms with Crippen LogP contribution in [0.3, 0.4) is 0 Å². The molecule has 3 heteroatoms. The molecule has 0 aromatic heterocycles. The SMILES string of the molecule is Brc1ccc(CCCSCCCc2ccc(Br)cc2)cc1. The highest BCUT2D eigenvalue weighted by molar-refractivity contribution is 9.10. The second kappa shape index (κ2) is 9.70. The van der Waals surface area contributed by atoms with E-state index < -0.39 is 0 Å². The first-order valence-corrected chi connectivity index (χ1v) is 10.0. The third-order valence-corrected chi connectivity index (χ3v) is 5.55. The van der Waals surface area contributed by atoms with Crippen LogP contribution in [0.1, 0.15) is 24.0 Å². The lowest BCUT2D eigenvalue weighted by Crippen LogP contribution is -1.91. The molecular weight excluding hydrogens is 408 g/mol. The number of aryl methyl sites for hydroxylation is 2. The van der Waals surface area contributed by atoms with E-state index >= 15 is 0 Å². The minimum atomic E-state index is 1.16. The fraction of sp³-hybridized carbons (Fsp3) is 0.333. The van der Waals surface area contributed by atoms with Crippen molar-refractivity contribution in [1.29, 1.82) is 0 Å². The van der Waals surface area contributed by atoms with Gasteiger partial charge in [-0.25, -0.2) is 0 Å². The summed E-state index contributed by atoms with van der Waals surface area (Å²) in [5.74, 6) is 2.52. The van der Waals surface area contributed by atoms with Gasteiger partial charge in [0.25, 0.3) is 0 Å². The fourth-order valence-electron chi connectivity index (χ4n) is 2.16. The molecule has 0 aliphatic carbocycles. The highest BCUT2D eigenvalue weighted by Crippen LogP contribution is 2.15. The van der Waals surface area contributed by atoms with E-state index in [2.05, 4.69) is 92.2 Å². The normalized spacial score (nSPS) is 10.8. The van der Waals surface area contributed by atoms with Gasteiger partial charge in [-0.3, -0.25) is 0 Å². The van der Waals surface area contributed by atoms with E-state index in [4.69, 9.17) is 0 Å². The molecule has 0 unspecified atom stereocenters. The van der Waals surface area contributed by atoms with Gasteiger partial charge in [0, 0.05) is 8.95 Å². The maximum Gasteiger partial charge on any atom is 0.0175 e. The van der Waals surface area contributed by atoms with E-state index in [0.717, 1.165) is 8.95 Å². The molecule has 0 radical (unpaired) electrons. The molecule has 0 saturated heterocycles. The Kier molecular flexibility index (Phi) is 7.91. The van der Waals surface area contributed by atoms with Gasteiger partial charge in [-0.1, -0.05) is 56.1 Å². The van der Waals surface area contributed by atoms with Gasteiger partial charge in [-0.15, -0.1) is 0 Å². The van der Waals surface area contributed by atoms with Gasteiger partial charge in [-0.05, 0) is 72.6 Å². The summed E-state index contributed by atoms with van der Waals surface area (Å²) in [5.41, 5.74) is 2.88. The van der Waals surface area contributed by atoms with Crippen molar-refractivity contribution in [2.45, 2.75) is 25.7 Å². The highest BCUT2D eigenvalue weighted by Gasteiger charge is 1.96. The zero-order chi connectivity index (χ0) is 14.9. The summed E-state index contributed by atoms with van der Waals surface area (Å²) in [6.07, 6.45) is 4.91. The van der Waals surface area contributed by atoms with Gasteiger partial charge in [0.05, 0.1) is 0 Å². The molecule has 0 amide bonds. The van der Waals surface area contributed by atoms with Crippen molar-refractivity contribution in [3.05, 3.63) is 68.6 Å². The van der Waals surface area contributed by atoms with Crippen molar-refractivity contribution in [2.75, 3.05) is 11.5 Å². The molecule has 0 atom stereocenters. The van der Waals surface area contributed by atoms with Gasteiger partial charge in [-0.2, -0.15) is 11.8 Å². The minimum Gasteiger partial charge on any atom is -0.162 e. The Morgan fingerprint density at radius 2 is 1.00 bits per heavy atom. The van der Waals surface area contributed by atoms with E-state index in [1.807, 2.05) is 0 Å². The van der Waals surface area contributed by atoms with Crippen LogP contribution in [0, 0.1) is 0 Å². The molecular formula is C18H20Br2S. The van der Waals surface area contributed by atoms with Crippen LogP contribution in [0.25, 0.3) is 0 Å². The number of hydrogen-bond acceptors (Lipinski definition) is 1. The number of benzene rings is 2. The molecule has 2 aromatic rings. The van der Waals surface area contributed by atoms with Crippen molar-refractivity contribution in [1.82, 2.24) is 0 Å². The Labute approximate surface area is 149 Å². The summed E-state index contributed by atoms with van der Waals surface area (Å²) in [5, 5.41) is 0. The third-order valence-electron chi connectivity index (χ3n) is 3.33. The Hall–Kier alpha value is -0.250. The van der Waals surface area contributed by atoms with Crippen LogP contribution in [-0.2, 0) is 12.8 Å². The summed E-state index contributed by atoms with van der Waals surface area (Å²) in [4.78, 5) is 0. The predicted molar refractivity (Wildman–Crippen MR) is 102 cm³/mol. The standard InChI is InChI=1S/C18H20Br2S/c19-17-9-5-15(6-10-17)3-1-13-21-14-2-4-16-7-11-18(20)12-8-16/h5-12H,1-4,13-14H2. The molecule has 0 aliphatic heterocycles. The van der Waals surface area contributed by atoms with E-state index in [0.29, 0.717) is 0 Å². The zero-order valence-electron chi connectivity index (χ0n) is 12.0. The molecule has 0 saturated carbocycles. The predicted octanol–water partition coefficient (Wildman–Crippen LogP) is 6.51. The van der Waals surface area contributed by atoms with Gasteiger partial charge < -0.3 is 0 Å². The minimum absolute atomic E-state index is 1.16. The average molecular weight is 428 g/mol. The topological polar surface area (TPSA) is 0 Å². The Morgan fingerprint density at radius 3 is 1.38 bits per heavy atom. The van der Waals surface area contributed by atoms with Crippen molar-refractivity contribution >= 4 is 43.6 Å². The van der Waals surface area contributed by atoms with E-state index in [9.17, 15) is 0 Å². The van der Waals surface area contributed by atoms with Crippen molar-refractivity contribution in [2.24, 2.45) is 0 Å². The number of hydrogen-bond donors (Lipinski definition) is 0. The number of rotatable bonds is 8. The number of halogens is 2. The Morgan fingerprint density at radius 1 is 0.619 bits per heavy atom. The van der Waals surface area contributed by atoms with Crippen LogP contribution < -0.4 is 0 Å². The quantitative estimate of drug-likeness (QED) is 0.432. The Bertz CT molecular complexity index is 470. The molecule has 0 bridgehead atoms. The molecule has 2 aromatic carbocycles. The van der Waals surface area contributed by atoms with Crippen LogP contribution in [-0.4, -0.2) is 11.5 Å². The maximum absolute atomic E-state index is 3.47. The molecule has 0 aliphatic rings. The van der Waals surface area contributed by atoms with E-state index in [-0.39, 0.29) is 0 Å². The number of thioether (sulfide) groups is 1. The first kappa shape index (κ1) is 17.1. The van der Waals surface area contributed by atoms with Crippen molar-refractivity contribution < 1.29 is 0 Å². The third kappa shape index (κ3) is 7.03. The molecule has 0 nitrogen and oxygen atoms in total. The highest BCUT2D eigenvalue weighted by atomic mass is 79.9. The lowest BCUT2D eigenvalue weighted by molar-refractivity contribution is 0.914.